The van der Waals surface area contributed by atoms with Gasteiger partial charge in [-0.15, -0.1) is 11.3 Å². The Bertz CT molecular complexity index is 511. The molecule has 0 fully saturated rings. The fourth-order valence-corrected chi connectivity index (χ4v) is 3.08. The number of hydrogen-bond donors (Lipinski definition) is 1. The van der Waals surface area contributed by atoms with E-state index < -0.39 is 0 Å². The highest BCUT2D eigenvalue weighted by Crippen LogP contribution is 2.24. The number of rotatable bonds is 4. The standard InChI is InChI=1S/C16H22N2S/c1-16(2,3)14-11-19-15(18-14)10-13(17)9-12-7-5-4-6-8-12/h4-8,11,13H,9-10,17H2,1-3H3. The van der Waals surface area contributed by atoms with Gasteiger partial charge in [0.1, 0.15) is 0 Å². The van der Waals surface area contributed by atoms with Crippen molar-refractivity contribution in [3.8, 4) is 0 Å². The van der Waals surface area contributed by atoms with E-state index in [2.05, 4.69) is 50.4 Å². The van der Waals surface area contributed by atoms with Crippen LogP contribution in [0.3, 0.4) is 0 Å². The summed E-state index contributed by atoms with van der Waals surface area (Å²) in [5, 5.41) is 3.30. The monoisotopic (exact) mass is 274 g/mol. The van der Waals surface area contributed by atoms with Crippen LogP contribution in [0.2, 0.25) is 0 Å². The second-order valence-electron chi connectivity index (χ2n) is 6.03. The number of thiazole rings is 1. The largest absolute Gasteiger partial charge is 0.327 e. The first-order valence-corrected chi connectivity index (χ1v) is 7.57. The maximum atomic E-state index is 6.22. The molecule has 0 saturated heterocycles. The summed E-state index contributed by atoms with van der Waals surface area (Å²) in [6.45, 7) is 6.57. The molecule has 0 amide bonds. The fraction of sp³-hybridized carbons (Fsp3) is 0.438. The lowest BCUT2D eigenvalue weighted by Gasteiger charge is -2.14. The van der Waals surface area contributed by atoms with E-state index in [1.165, 1.54) is 11.3 Å². The first-order valence-electron chi connectivity index (χ1n) is 6.69. The van der Waals surface area contributed by atoms with Gasteiger partial charge >= 0.3 is 0 Å². The highest BCUT2D eigenvalue weighted by atomic mass is 32.1. The minimum absolute atomic E-state index is 0.123. The maximum Gasteiger partial charge on any atom is 0.0944 e. The SMILES string of the molecule is CC(C)(C)c1csc(CC(N)Cc2ccccc2)n1. The van der Waals surface area contributed by atoms with Crippen LogP contribution < -0.4 is 5.73 Å². The van der Waals surface area contributed by atoms with Gasteiger partial charge in [0.05, 0.1) is 10.7 Å². The van der Waals surface area contributed by atoms with Crippen LogP contribution in [0.4, 0.5) is 0 Å². The van der Waals surface area contributed by atoms with Gasteiger partial charge in [-0.05, 0) is 12.0 Å². The van der Waals surface area contributed by atoms with Gasteiger partial charge in [0.2, 0.25) is 0 Å². The average Bonchev–Trinajstić information content (AvgIpc) is 2.78. The van der Waals surface area contributed by atoms with Crippen molar-refractivity contribution < 1.29 is 0 Å². The molecule has 1 unspecified atom stereocenters. The van der Waals surface area contributed by atoms with Gasteiger partial charge in [0.15, 0.2) is 0 Å². The van der Waals surface area contributed by atoms with Crippen LogP contribution in [0.5, 0.6) is 0 Å². The van der Waals surface area contributed by atoms with Crippen molar-refractivity contribution >= 4 is 11.3 Å². The molecule has 0 aliphatic heterocycles. The summed E-state index contributed by atoms with van der Waals surface area (Å²) >= 11 is 1.72. The van der Waals surface area contributed by atoms with E-state index in [1.54, 1.807) is 11.3 Å². The summed E-state index contributed by atoms with van der Waals surface area (Å²) < 4.78 is 0. The van der Waals surface area contributed by atoms with E-state index in [9.17, 15) is 0 Å². The van der Waals surface area contributed by atoms with Gasteiger partial charge in [-0.3, -0.25) is 0 Å². The summed E-state index contributed by atoms with van der Waals surface area (Å²) in [5.74, 6) is 0. The van der Waals surface area contributed by atoms with E-state index in [0.717, 1.165) is 17.8 Å². The molecule has 2 nitrogen and oxygen atoms in total. The Morgan fingerprint density at radius 2 is 1.84 bits per heavy atom. The molecule has 0 bridgehead atoms. The van der Waals surface area contributed by atoms with Crippen molar-refractivity contribution in [2.24, 2.45) is 5.73 Å². The molecule has 0 radical (unpaired) electrons. The van der Waals surface area contributed by atoms with E-state index in [1.807, 2.05) is 6.07 Å². The maximum absolute atomic E-state index is 6.22. The van der Waals surface area contributed by atoms with Gasteiger partial charge in [0, 0.05) is 23.3 Å². The molecule has 1 heterocycles. The van der Waals surface area contributed by atoms with Crippen LogP contribution in [-0.4, -0.2) is 11.0 Å². The zero-order chi connectivity index (χ0) is 13.9. The lowest BCUT2D eigenvalue weighted by atomic mass is 9.93. The normalized spacial score (nSPS) is 13.5. The number of nitrogens with zero attached hydrogens (tertiary/aromatic N) is 1. The average molecular weight is 274 g/mol. The summed E-state index contributed by atoms with van der Waals surface area (Å²) in [6.07, 6.45) is 1.76. The zero-order valence-electron chi connectivity index (χ0n) is 11.9. The van der Waals surface area contributed by atoms with Crippen molar-refractivity contribution in [1.29, 1.82) is 0 Å². The van der Waals surface area contributed by atoms with Gasteiger partial charge in [-0.1, -0.05) is 51.1 Å². The van der Waals surface area contributed by atoms with Crippen LogP contribution in [0.15, 0.2) is 35.7 Å². The molecule has 2 rings (SSSR count). The molecule has 0 saturated carbocycles. The Balaban J connectivity index is 1.96. The Hall–Kier alpha value is -1.19. The summed E-state index contributed by atoms with van der Waals surface area (Å²) in [4.78, 5) is 4.70. The molecule has 0 aliphatic carbocycles. The Morgan fingerprint density at radius 1 is 1.16 bits per heavy atom. The van der Waals surface area contributed by atoms with Gasteiger partial charge in [0.25, 0.3) is 0 Å². The predicted octanol–water partition coefficient (Wildman–Crippen LogP) is 3.55. The number of nitrogens with two attached hydrogens (primary N) is 1. The van der Waals surface area contributed by atoms with E-state index in [4.69, 9.17) is 10.7 Å². The van der Waals surface area contributed by atoms with Crippen LogP contribution in [-0.2, 0) is 18.3 Å². The van der Waals surface area contributed by atoms with E-state index in [-0.39, 0.29) is 11.5 Å². The summed E-state index contributed by atoms with van der Waals surface area (Å²) in [5.41, 5.74) is 8.81. The summed E-state index contributed by atoms with van der Waals surface area (Å²) in [7, 11) is 0. The Kier molecular flexibility index (Phi) is 4.38. The quantitative estimate of drug-likeness (QED) is 0.926. The first-order chi connectivity index (χ1) is 8.95. The molecule has 1 aromatic heterocycles. The number of aromatic nitrogens is 1. The molecule has 3 heteroatoms. The molecular formula is C16H22N2S. The topological polar surface area (TPSA) is 38.9 Å². The molecule has 2 aromatic rings. The summed E-state index contributed by atoms with van der Waals surface area (Å²) in [6, 6.07) is 10.5. The van der Waals surface area contributed by atoms with E-state index in [0.29, 0.717) is 0 Å². The number of benzene rings is 1. The second-order valence-corrected chi connectivity index (χ2v) is 6.97. The smallest absolute Gasteiger partial charge is 0.0944 e. The van der Waals surface area contributed by atoms with Gasteiger partial charge in [-0.2, -0.15) is 0 Å². The van der Waals surface area contributed by atoms with E-state index >= 15 is 0 Å². The van der Waals surface area contributed by atoms with Crippen molar-refractivity contribution in [2.45, 2.75) is 45.1 Å². The van der Waals surface area contributed by atoms with Crippen LogP contribution in [0.25, 0.3) is 0 Å². The molecule has 0 spiro atoms. The highest BCUT2D eigenvalue weighted by Gasteiger charge is 2.18. The first kappa shape index (κ1) is 14.2. The minimum Gasteiger partial charge on any atom is -0.327 e. The third-order valence-corrected chi connectivity index (χ3v) is 3.97. The van der Waals surface area contributed by atoms with Crippen molar-refractivity contribution in [2.75, 3.05) is 0 Å². The second kappa shape index (κ2) is 5.85. The Morgan fingerprint density at radius 3 is 2.42 bits per heavy atom. The van der Waals surface area contributed by atoms with Crippen LogP contribution in [0, 0.1) is 0 Å². The Labute approximate surface area is 119 Å². The molecular weight excluding hydrogens is 252 g/mol. The molecule has 0 aliphatic rings. The van der Waals surface area contributed by atoms with Gasteiger partial charge < -0.3 is 5.73 Å². The molecule has 2 N–H and O–H groups in total. The fourth-order valence-electron chi connectivity index (χ4n) is 1.96. The van der Waals surface area contributed by atoms with Crippen molar-refractivity contribution in [3.05, 3.63) is 52.0 Å². The van der Waals surface area contributed by atoms with Crippen LogP contribution in [0.1, 0.15) is 37.0 Å². The lowest BCUT2D eigenvalue weighted by molar-refractivity contribution is 0.567. The van der Waals surface area contributed by atoms with Crippen molar-refractivity contribution in [1.82, 2.24) is 4.98 Å². The van der Waals surface area contributed by atoms with Crippen molar-refractivity contribution in [3.63, 3.8) is 0 Å². The molecule has 1 atom stereocenters. The van der Waals surface area contributed by atoms with Crippen LogP contribution >= 0.6 is 11.3 Å². The molecule has 19 heavy (non-hydrogen) atoms. The third-order valence-electron chi connectivity index (χ3n) is 3.10. The van der Waals surface area contributed by atoms with Gasteiger partial charge in [-0.25, -0.2) is 4.98 Å². The molecule has 102 valence electrons. The highest BCUT2D eigenvalue weighted by molar-refractivity contribution is 7.09. The lowest BCUT2D eigenvalue weighted by Crippen LogP contribution is -2.25. The third kappa shape index (κ3) is 4.15. The molecule has 1 aromatic carbocycles. The predicted molar refractivity (Wildman–Crippen MR) is 82.6 cm³/mol. The minimum atomic E-state index is 0.123. The zero-order valence-corrected chi connectivity index (χ0v) is 12.7. The number of hydrogen-bond acceptors (Lipinski definition) is 3.